The second-order valence-electron chi connectivity index (χ2n) is 4.57. The van der Waals surface area contributed by atoms with Gasteiger partial charge in [0.2, 0.25) is 0 Å². The molecule has 1 aromatic heterocycles. The summed E-state index contributed by atoms with van der Waals surface area (Å²) in [5.74, 6) is 0.611. The van der Waals surface area contributed by atoms with Gasteiger partial charge in [-0.05, 0) is 20.8 Å². The minimum atomic E-state index is -3.45. The molecule has 0 spiro atoms. The molecule has 2 N–H and O–H groups in total. The van der Waals surface area contributed by atoms with E-state index < -0.39 is 10.0 Å². The minimum Gasteiger partial charge on any atom is -0.332 e. The van der Waals surface area contributed by atoms with E-state index in [0.717, 1.165) is 0 Å². The van der Waals surface area contributed by atoms with E-state index in [1.165, 1.54) is 10.5 Å². The molecule has 96 valence electrons. The van der Waals surface area contributed by atoms with Crippen molar-refractivity contribution in [3.05, 3.63) is 12.0 Å². The smallest absolute Gasteiger partial charge is 0.260 e. The van der Waals surface area contributed by atoms with Gasteiger partial charge >= 0.3 is 0 Å². The molecular formula is C10H18N4O2S. The monoisotopic (exact) mass is 258 g/mol. The third-order valence-electron chi connectivity index (χ3n) is 2.97. The Hall–Kier alpha value is -0.920. The van der Waals surface area contributed by atoms with Crippen LogP contribution < -0.4 is 5.32 Å². The molecule has 0 radical (unpaired) electrons. The van der Waals surface area contributed by atoms with Crippen LogP contribution in [0.3, 0.4) is 0 Å². The van der Waals surface area contributed by atoms with Crippen molar-refractivity contribution in [2.45, 2.75) is 37.9 Å². The van der Waals surface area contributed by atoms with Crippen LogP contribution in [-0.2, 0) is 10.0 Å². The Morgan fingerprint density at radius 2 is 2.18 bits per heavy atom. The predicted octanol–water partition coefficient (Wildman–Crippen LogP) is 0.0890. The highest BCUT2D eigenvalue weighted by molar-refractivity contribution is 7.89. The van der Waals surface area contributed by atoms with Crippen molar-refractivity contribution in [2.75, 3.05) is 13.1 Å². The van der Waals surface area contributed by atoms with Crippen LogP contribution in [0.5, 0.6) is 0 Å². The zero-order valence-corrected chi connectivity index (χ0v) is 11.1. The molecule has 2 unspecified atom stereocenters. The average molecular weight is 258 g/mol. The van der Waals surface area contributed by atoms with Crippen molar-refractivity contribution < 1.29 is 8.42 Å². The molecule has 6 nitrogen and oxygen atoms in total. The van der Waals surface area contributed by atoms with Crippen LogP contribution in [0.2, 0.25) is 0 Å². The Bertz CT molecular complexity index is 496. The largest absolute Gasteiger partial charge is 0.332 e. The quantitative estimate of drug-likeness (QED) is 0.788. The fourth-order valence-corrected chi connectivity index (χ4v) is 3.66. The summed E-state index contributed by atoms with van der Waals surface area (Å²) < 4.78 is 26.3. The van der Waals surface area contributed by atoms with Crippen molar-refractivity contribution in [3.63, 3.8) is 0 Å². The van der Waals surface area contributed by atoms with Gasteiger partial charge in [-0.3, -0.25) is 0 Å². The molecule has 17 heavy (non-hydrogen) atoms. The SMILES string of the molecule is Cc1ncc(S(=O)(=O)N2CC(C)NCC2C)[nH]1. The van der Waals surface area contributed by atoms with Crippen LogP contribution in [0.25, 0.3) is 0 Å². The first kappa shape index (κ1) is 12.5. The average Bonchev–Trinajstić information content (AvgIpc) is 2.69. The number of sulfonamides is 1. The van der Waals surface area contributed by atoms with E-state index in [2.05, 4.69) is 15.3 Å². The molecule has 0 bridgehead atoms. The van der Waals surface area contributed by atoms with E-state index in [1.54, 1.807) is 6.92 Å². The van der Waals surface area contributed by atoms with Crippen molar-refractivity contribution in [1.82, 2.24) is 19.6 Å². The number of H-pyrrole nitrogens is 1. The molecule has 0 aromatic carbocycles. The fourth-order valence-electron chi connectivity index (χ4n) is 1.98. The minimum absolute atomic E-state index is 0.0418. The van der Waals surface area contributed by atoms with E-state index in [0.29, 0.717) is 18.9 Å². The van der Waals surface area contributed by atoms with Gasteiger partial charge in [-0.2, -0.15) is 4.31 Å². The van der Waals surface area contributed by atoms with Crippen molar-refractivity contribution in [2.24, 2.45) is 0 Å². The predicted molar refractivity (Wildman–Crippen MR) is 64.1 cm³/mol. The maximum atomic E-state index is 12.4. The highest BCUT2D eigenvalue weighted by Gasteiger charge is 2.34. The molecule has 1 aromatic rings. The number of aromatic nitrogens is 2. The van der Waals surface area contributed by atoms with Crippen LogP contribution in [-0.4, -0.2) is 47.9 Å². The summed E-state index contributed by atoms with van der Waals surface area (Å²) in [6.45, 7) is 6.78. The molecule has 0 aliphatic carbocycles. The second kappa shape index (κ2) is 4.40. The summed E-state index contributed by atoms with van der Waals surface area (Å²) in [5, 5.41) is 3.44. The molecule has 1 aliphatic heterocycles. The van der Waals surface area contributed by atoms with Crippen molar-refractivity contribution in [1.29, 1.82) is 0 Å². The van der Waals surface area contributed by atoms with E-state index in [9.17, 15) is 8.42 Å². The molecular weight excluding hydrogens is 240 g/mol. The standard InChI is InChI=1S/C10H18N4O2S/c1-7-6-14(8(2)4-11-7)17(15,16)10-5-12-9(3)13-10/h5,7-8,11H,4,6H2,1-3H3,(H,12,13). The molecule has 2 atom stereocenters. The lowest BCUT2D eigenvalue weighted by atomic mass is 10.2. The summed E-state index contributed by atoms with van der Waals surface area (Å²) in [5.41, 5.74) is 0. The third kappa shape index (κ3) is 2.36. The first-order valence-corrected chi connectivity index (χ1v) is 7.12. The number of nitrogens with one attached hydrogen (secondary N) is 2. The Kier molecular flexibility index (Phi) is 3.24. The number of rotatable bonds is 2. The van der Waals surface area contributed by atoms with Gasteiger partial charge in [0.15, 0.2) is 5.03 Å². The Morgan fingerprint density at radius 3 is 2.76 bits per heavy atom. The number of hydrogen-bond donors (Lipinski definition) is 2. The highest BCUT2D eigenvalue weighted by atomic mass is 32.2. The summed E-state index contributed by atoms with van der Waals surface area (Å²) in [7, 11) is -3.45. The summed E-state index contributed by atoms with van der Waals surface area (Å²) in [4.78, 5) is 6.73. The molecule has 2 heterocycles. The van der Waals surface area contributed by atoms with Gasteiger partial charge in [0, 0.05) is 25.2 Å². The van der Waals surface area contributed by atoms with Gasteiger partial charge in [0.25, 0.3) is 10.0 Å². The lowest BCUT2D eigenvalue weighted by Gasteiger charge is -2.35. The van der Waals surface area contributed by atoms with Crippen molar-refractivity contribution in [3.8, 4) is 0 Å². The molecule has 7 heteroatoms. The van der Waals surface area contributed by atoms with Crippen LogP contribution in [0.1, 0.15) is 19.7 Å². The molecule has 2 rings (SSSR count). The van der Waals surface area contributed by atoms with Gasteiger partial charge in [0.1, 0.15) is 5.82 Å². The zero-order valence-electron chi connectivity index (χ0n) is 10.3. The zero-order chi connectivity index (χ0) is 12.6. The molecule has 1 saturated heterocycles. The maximum Gasteiger partial charge on any atom is 0.260 e. The number of nitrogens with zero attached hydrogens (tertiary/aromatic N) is 2. The summed E-state index contributed by atoms with van der Waals surface area (Å²) in [6.07, 6.45) is 1.38. The number of piperazine rings is 1. The van der Waals surface area contributed by atoms with Gasteiger partial charge in [0.05, 0.1) is 6.20 Å². The molecule has 1 aliphatic rings. The lowest BCUT2D eigenvalue weighted by Crippen LogP contribution is -2.56. The van der Waals surface area contributed by atoms with Crippen LogP contribution in [0.15, 0.2) is 11.2 Å². The molecule has 0 saturated carbocycles. The van der Waals surface area contributed by atoms with E-state index in [1.807, 2.05) is 13.8 Å². The highest BCUT2D eigenvalue weighted by Crippen LogP contribution is 2.18. The Balaban J connectivity index is 2.31. The summed E-state index contributed by atoms with van der Waals surface area (Å²) >= 11 is 0. The van der Waals surface area contributed by atoms with Gasteiger partial charge in [-0.1, -0.05) is 0 Å². The normalized spacial score (nSPS) is 27.2. The van der Waals surface area contributed by atoms with Gasteiger partial charge in [-0.25, -0.2) is 13.4 Å². The summed E-state index contributed by atoms with van der Waals surface area (Å²) in [6, 6.07) is 0.129. The molecule has 0 amide bonds. The topological polar surface area (TPSA) is 78.1 Å². The maximum absolute atomic E-state index is 12.4. The Morgan fingerprint density at radius 1 is 1.47 bits per heavy atom. The fraction of sp³-hybridized carbons (Fsp3) is 0.700. The van der Waals surface area contributed by atoms with E-state index in [-0.39, 0.29) is 17.1 Å². The van der Waals surface area contributed by atoms with Gasteiger partial charge < -0.3 is 10.3 Å². The first-order chi connectivity index (χ1) is 7.91. The Labute approximate surface area is 101 Å². The number of aryl methyl sites for hydroxylation is 1. The first-order valence-electron chi connectivity index (χ1n) is 5.68. The van der Waals surface area contributed by atoms with Crippen LogP contribution in [0.4, 0.5) is 0 Å². The lowest BCUT2D eigenvalue weighted by molar-refractivity contribution is 0.244. The second-order valence-corrected chi connectivity index (χ2v) is 6.42. The van der Waals surface area contributed by atoms with Crippen LogP contribution >= 0.6 is 0 Å². The van der Waals surface area contributed by atoms with Crippen LogP contribution in [0, 0.1) is 6.92 Å². The van der Waals surface area contributed by atoms with Gasteiger partial charge in [-0.15, -0.1) is 0 Å². The molecule has 1 fully saturated rings. The van der Waals surface area contributed by atoms with E-state index in [4.69, 9.17) is 0 Å². The van der Waals surface area contributed by atoms with Crippen molar-refractivity contribution >= 4 is 10.0 Å². The number of hydrogen-bond acceptors (Lipinski definition) is 4. The third-order valence-corrected chi connectivity index (χ3v) is 4.86. The number of imidazole rings is 1. The van der Waals surface area contributed by atoms with E-state index >= 15 is 0 Å². The number of aromatic amines is 1.